The first-order valence-electron chi connectivity index (χ1n) is 3.09. The quantitative estimate of drug-likeness (QED) is 0.799. The molecule has 1 aromatic rings. The van der Waals surface area contributed by atoms with Gasteiger partial charge < -0.3 is 4.98 Å². The summed E-state index contributed by atoms with van der Waals surface area (Å²) in [6.07, 6.45) is 0.739. The van der Waals surface area contributed by atoms with Crippen molar-refractivity contribution < 1.29 is 0 Å². The van der Waals surface area contributed by atoms with Crippen molar-refractivity contribution in [3.63, 3.8) is 0 Å². The van der Waals surface area contributed by atoms with E-state index in [-0.39, 0.29) is 5.56 Å². The Kier molecular flexibility index (Phi) is 2.84. The van der Waals surface area contributed by atoms with Crippen LogP contribution in [0.2, 0.25) is 0 Å². The van der Waals surface area contributed by atoms with Crippen LogP contribution >= 0.6 is 31.9 Å². The first-order chi connectivity index (χ1) is 5.15. The summed E-state index contributed by atoms with van der Waals surface area (Å²) in [7, 11) is 0. The second-order valence-electron chi connectivity index (χ2n) is 1.97. The zero-order valence-electron chi connectivity index (χ0n) is 5.82. The van der Waals surface area contributed by atoms with Crippen LogP contribution in [0.25, 0.3) is 0 Å². The lowest BCUT2D eigenvalue weighted by Gasteiger charge is -1.98. The Morgan fingerprint density at radius 2 is 2.18 bits per heavy atom. The molecule has 0 saturated heterocycles. The summed E-state index contributed by atoms with van der Waals surface area (Å²) in [5.74, 6) is 0. The maximum Gasteiger partial charge on any atom is 0.266 e. The molecule has 0 amide bonds. The second kappa shape index (κ2) is 3.49. The fourth-order valence-electron chi connectivity index (χ4n) is 0.709. The van der Waals surface area contributed by atoms with Crippen LogP contribution in [0.1, 0.15) is 12.6 Å². The van der Waals surface area contributed by atoms with Crippen LogP contribution in [0.15, 0.2) is 14.0 Å². The summed E-state index contributed by atoms with van der Waals surface area (Å²) in [6.45, 7) is 1.94. The highest BCUT2D eigenvalue weighted by Crippen LogP contribution is 2.10. The van der Waals surface area contributed by atoms with Gasteiger partial charge in [-0.2, -0.15) is 0 Å². The van der Waals surface area contributed by atoms with E-state index in [0.717, 1.165) is 12.1 Å². The van der Waals surface area contributed by atoms with E-state index in [4.69, 9.17) is 0 Å². The fourth-order valence-corrected chi connectivity index (χ4v) is 1.57. The number of aromatic amines is 1. The van der Waals surface area contributed by atoms with E-state index >= 15 is 0 Å². The first kappa shape index (κ1) is 8.93. The smallest absolute Gasteiger partial charge is 0.266 e. The summed E-state index contributed by atoms with van der Waals surface area (Å²) in [4.78, 5) is 17.6. The van der Waals surface area contributed by atoms with Crippen LogP contribution in [0, 0.1) is 0 Å². The average molecular weight is 282 g/mol. The number of hydrogen-bond acceptors (Lipinski definition) is 2. The van der Waals surface area contributed by atoms with E-state index in [1.54, 1.807) is 0 Å². The van der Waals surface area contributed by atoms with Crippen LogP contribution in [0.3, 0.4) is 0 Å². The number of halogens is 2. The molecule has 1 rings (SSSR count). The molecule has 0 radical (unpaired) electrons. The maximum atomic E-state index is 11.0. The molecule has 0 bridgehead atoms. The van der Waals surface area contributed by atoms with Crippen molar-refractivity contribution in [1.29, 1.82) is 0 Å². The molecule has 11 heavy (non-hydrogen) atoms. The molecule has 3 nitrogen and oxygen atoms in total. The summed E-state index contributed by atoms with van der Waals surface area (Å²) in [5, 5.41) is 0. The molecule has 1 heterocycles. The van der Waals surface area contributed by atoms with Crippen molar-refractivity contribution >= 4 is 31.9 Å². The number of H-pyrrole nitrogens is 1. The predicted octanol–water partition coefficient (Wildman–Crippen LogP) is 1.86. The Labute approximate surface area is 80.5 Å². The molecule has 0 unspecified atom stereocenters. The minimum Gasteiger partial charge on any atom is -0.300 e. The average Bonchev–Trinajstić information content (AvgIpc) is 1.96. The molecule has 0 atom stereocenters. The van der Waals surface area contributed by atoms with Gasteiger partial charge in [-0.05, 0) is 38.3 Å². The molecule has 1 aromatic heterocycles. The minimum absolute atomic E-state index is 0.149. The number of aryl methyl sites for hydroxylation is 1. The van der Waals surface area contributed by atoms with Gasteiger partial charge in [-0.3, -0.25) is 4.79 Å². The molecule has 1 N–H and O–H groups in total. The molecule has 0 aliphatic rings. The number of nitrogens with zero attached hydrogens (tertiary/aromatic N) is 1. The molecule has 0 spiro atoms. The third kappa shape index (κ3) is 1.90. The van der Waals surface area contributed by atoms with Gasteiger partial charge in [0.2, 0.25) is 0 Å². The van der Waals surface area contributed by atoms with Crippen molar-refractivity contribution in [3.05, 3.63) is 25.3 Å². The topological polar surface area (TPSA) is 45.8 Å². The number of rotatable bonds is 1. The summed E-state index contributed by atoms with van der Waals surface area (Å²) in [5.41, 5.74) is 0.615. The van der Waals surface area contributed by atoms with Crippen molar-refractivity contribution in [2.24, 2.45) is 0 Å². The highest BCUT2D eigenvalue weighted by Gasteiger charge is 2.04. The monoisotopic (exact) mass is 280 g/mol. The Bertz CT molecular complexity index is 321. The highest BCUT2D eigenvalue weighted by atomic mass is 79.9. The number of hydrogen-bond donors (Lipinski definition) is 1. The molecule has 0 fully saturated rings. The second-order valence-corrected chi connectivity index (χ2v) is 3.52. The van der Waals surface area contributed by atoms with Gasteiger partial charge in [-0.25, -0.2) is 4.98 Å². The molecular weight excluding hydrogens is 276 g/mol. The van der Waals surface area contributed by atoms with Crippen molar-refractivity contribution in [3.8, 4) is 0 Å². The third-order valence-electron chi connectivity index (χ3n) is 1.24. The molecule has 5 heteroatoms. The van der Waals surface area contributed by atoms with Crippen LogP contribution in [0.4, 0.5) is 0 Å². The Morgan fingerprint density at radius 3 is 2.73 bits per heavy atom. The van der Waals surface area contributed by atoms with E-state index in [9.17, 15) is 4.79 Å². The SMILES string of the molecule is CCc1nc(Br)[nH]c(=O)c1Br. The molecule has 0 aromatic carbocycles. The van der Waals surface area contributed by atoms with Crippen molar-refractivity contribution in [2.45, 2.75) is 13.3 Å². The minimum atomic E-state index is -0.149. The zero-order chi connectivity index (χ0) is 8.43. The molecule has 0 saturated carbocycles. The standard InChI is InChI=1S/C6H6Br2N2O/c1-2-3-4(7)5(11)10-6(8)9-3/h2H2,1H3,(H,9,10,11). The largest absolute Gasteiger partial charge is 0.300 e. The predicted molar refractivity (Wildman–Crippen MR) is 49.6 cm³/mol. The lowest BCUT2D eigenvalue weighted by Crippen LogP contribution is -2.11. The van der Waals surface area contributed by atoms with E-state index in [2.05, 4.69) is 41.8 Å². The molecular formula is C6H6Br2N2O. The van der Waals surface area contributed by atoms with Crippen molar-refractivity contribution in [2.75, 3.05) is 0 Å². The van der Waals surface area contributed by atoms with Gasteiger partial charge in [0.25, 0.3) is 5.56 Å². The zero-order valence-corrected chi connectivity index (χ0v) is 8.99. The fraction of sp³-hybridized carbons (Fsp3) is 0.333. The van der Waals surface area contributed by atoms with Gasteiger partial charge in [0.15, 0.2) is 4.73 Å². The van der Waals surface area contributed by atoms with Crippen molar-refractivity contribution in [1.82, 2.24) is 9.97 Å². The highest BCUT2D eigenvalue weighted by molar-refractivity contribution is 9.10. The van der Waals surface area contributed by atoms with Gasteiger partial charge in [0.1, 0.15) is 4.47 Å². The van der Waals surface area contributed by atoms with E-state index in [1.807, 2.05) is 6.92 Å². The van der Waals surface area contributed by atoms with E-state index in [1.165, 1.54) is 0 Å². The maximum absolute atomic E-state index is 11.0. The van der Waals surface area contributed by atoms with E-state index in [0.29, 0.717) is 9.21 Å². The van der Waals surface area contributed by atoms with Gasteiger partial charge in [-0.15, -0.1) is 0 Å². The van der Waals surface area contributed by atoms with E-state index < -0.39 is 0 Å². The lowest BCUT2D eigenvalue weighted by atomic mass is 10.3. The normalized spacial score (nSPS) is 10.1. The lowest BCUT2D eigenvalue weighted by molar-refractivity contribution is 0.937. The van der Waals surface area contributed by atoms with Crippen LogP contribution in [-0.2, 0) is 6.42 Å². The molecule has 60 valence electrons. The Morgan fingerprint density at radius 1 is 1.55 bits per heavy atom. The van der Waals surface area contributed by atoms with Gasteiger partial charge in [-0.1, -0.05) is 6.92 Å². The van der Waals surface area contributed by atoms with Gasteiger partial charge >= 0.3 is 0 Å². The molecule has 0 aliphatic heterocycles. The Hall–Kier alpha value is -0.160. The summed E-state index contributed by atoms with van der Waals surface area (Å²) >= 11 is 6.25. The van der Waals surface area contributed by atoms with Gasteiger partial charge in [0, 0.05) is 0 Å². The first-order valence-corrected chi connectivity index (χ1v) is 4.68. The Balaban J connectivity index is 3.36. The number of aromatic nitrogens is 2. The third-order valence-corrected chi connectivity index (χ3v) is 2.43. The molecule has 0 aliphatic carbocycles. The summed E-state index contributed by atoms with van der Waals surface area (Å²) in [6, 6.07) is 0. The van der Waals surface area contributed by atoms with Crippen LogP contribution in [-0.4, -0.2) is 9.97 Å². The van der Waals surface area contributed by atoms with Gasteiger partial charge in [0.05, 0.1) is 5.69 Å². The van der Waals surface area contributed by atoms with Crippen LogP contribution < -0.4 is 5.56 Å². The number of nitrogens with one attached hydrogen (secondary N) is 1. The van der Waals surface area contributed by atoms with Crippen LogP contribution in [0.5, 0.6) is 0 Å². The summed E-state index contributed by atoms with van der Waals surface area (Å²) < 4.78 is 0.991.